The number of nitrogens with zero attached hydrogens (tertiary/aromatic N) is 2. The molecule has 0 saturated heterocycles. The van der Waals surface area contributed by atoms with Crippen LogP contribution in [0.25, 0.3) is 0 Å². The van der Waals surface area contributed by atoms with Crippen LogP contribution in [-0.2, 0) is 9.53 Å². The van der Waals surface area contributed by atoms with Gasteiger partial charge in [-0.25, -0.2) is 4.99 Å². The normalized spacial score (nSPS) is 12.4. The lowest BCUT2D eigenvalue weighted by Crippen LogP contribution is -2.44. The summed E-state index contributed by atoms with van der Waals surface area (Å²) in [6.45, 7) is 12.0. The number of rotatable bonds is 9. The van der Waals surface area contributed by atoms with E-state index in [1.165, 1.54) is 0 Å². The third-order valence-corrected chi connectivity index (χ3v) is 2.70. The van der Waals surface area contributed by atoms with Gasteiger partial charge in [0.05, 0.1) is 6.61 Å². The molecule has 0 bridgehead atoms. The van der Waals surface area contributed by atoms with E-state index in [4.69, 9.17) is 4.74 Å². The van der Waals surface area contributed by atoms with Gasteiger partial charge in [-0.1, -0.05) is 0 Å². The first-order chi connectivity index (χ1) is 10.3. The lowest BCUT2D eigenvalue weighted by atomic mass is 10.1. The minimum absolute atomic E-state index is 0.0816. The summed E-state index contributed by atoms with van der Waals surface area (Å²) in [6, 6.07) is 0. The van der Waals surface area contributed by atoms with Crippen molar-refractivity contribution in [2.24, 2.45) is 4.99 Å². The fraction of sp³-hybridized carbons (Fsp3) is 0.867. The maximum Gasteiger partial charge on any atom is 0.242 e. The number of amides is 1. The van der Waals surface area contributed by atoms with Crippen LogP contribution in [0.2, 0.25) is 0 Å². The van der Waals surface area contributed by atoms with Gasteiger partial charge in [0.2, 0.25) is 5.91 Å². The number of ether oxygens (including phenoxy) is 1. The lowest BCUT2D eigenvalue weighted by Gasteiger charge is -2.20. The first kappa shape index (κ1) is 20.7. The number of carbonyl (C=O) groups excluding carboxylic acids is 1. The third-order valence-electron chi connectivity index (χ3n) is 2.70. The molecule has 0 aliphatic carbocycles. The maximum atomic E-state index is 11.8. The quantitative estimate of drug-likeness (QED) is 0.413. The largest absolute Gasteiger partial charge is 0.383 e. The molecule has 0 aliphatic rings. The summed E-state index contributed by atoms with van der Waals surface area (Å²) >= 11 is 0. The van der Waals surface area contributed by atoms with Crippen LogP contribution in [0, 0.1) is 0 Å². The summed E-state index contributed by atoms with van der Waals surface area (Å²) in [5.74, 6) is 0.577. The predicted octanol–water partition coefficient (Wildman–Crippen LogP) is 0.0344. The highest BCUT2D eigenvalue weighted by molar-refractivity contribution is 5.85. The van der Waals surface area contributed by atoms with E-state index in [2.05, 4.69) is 25.8 Å². The number of hydrogen-bond acceptors (Lipinski definition) is 4. The summed E-state index contributed by atoms with van der Waals surface area (Å²) in [5.41, 5.74) is -0.234. The van der Waals surface area contributed by atoms with Crippen molar-refractivity contribution < 1.29 is 9.53 Å². The molecule has 22 heavy (non-hydrogen) atoms. The van der Waals surface area contributed by atoms with Crippen LogP contribution < -0.4 is 16.0 Å². The molecule has 0 unspecified atom stereocenters. The Balaban J connectivity index is 4.18. The summed E-state index contributed by atoms with van der Waals surface area (Å²) in [6.07, 6.45) is 0. The fourth-order valence-electron chi connectivity index (χ4n) is 1.67. The topological polar surface area (TPSA) is 78.0 Å². The molecule has 0 fully saturated rings. The molecular formula is C15H33N5O2. The minimum Gasteiger partial charge on any atom is -0.383 e. The molecular weight excluding hydrogens is 282 g/mol. The van der Waals surface area contributed by atoms with Crippen LogP contribution in [0.5, 0.6) is 0 Å². The zero-order valence-corrected chi connectivity index (χ0v) is 15.0. The highest BCUT2D eigenvalue weighted by Crippen LogP contribution is 1.97. The molecule has 0 atom stereocenters. The van der Waals surface area contributed by atoms with Gasteiger partial charge in [0.15, 0.2) is 5.96 Å². The van der Waals surface area contributed by atoms with Gasteiger partial charge in [-0.3, -0.25) is 4.79 Å². The van der Waals surface area contributed by atoms with Gasteiger partial charge >= 0.3 is 0 Å². The SMILES string of the molecule is CCNC(=NCC(=O)NC(C)(C)C)NCCN(C)CCOC. The van der Waals surface area contributed by atoms with E-state index >= 15 is 0 Å². The summed E-state index contributed by atoms with van der Waals surface area (Å²) in [7, 11) is 3.74. The number of carbonyl (C=O) groups is 1. The third kappa shape index (κ3) is 12.4. The second-order valence-electron chi connectivity index (χ2n) is 6.22. The van der Waals surface area contributed by atoms with E-state index < -0.39 is 0 Å². The summed E-state index contributed by atoms with van der Waals surface area (Å²) < 4.78 is 5.04. The number of guanidine groups is 1. The monoisotopic (exact) mass is 315 g/mol. The Morgan fingerprint density at radius 3 is 2.45 bits per heavy atom. The van der Waals surface area contributed by atoms with Crippen LogP contribution in [0.3, 0.4) is 0 Å². The van der Waals surface area contributed by atoms with Crippen LogP contribution in [-0.4, -0.2) is 75.8 Å². The van der Waals surface area contributed by atoms with Crippen molar-refractivity contribution in [2.45, 2.75) is 33.2 Å². The Kier molecular flexibility index (Phi) is 10.6. The average molecular weight is 315 g/mol. The Morgan fingerprint density at radius 1 is 1.23 bits per heavy atom. The number of hydrogen-bond donors (Lipinski definition) is 3. The second kappa shape index (κ2) is 11.3. The molecule has 3 N–H and O–H groups in total. The summed E-state index contributed by atoms with van der Waals surface area (Å²) in [4.78, 5) is 18.2. The molecule has 0 rings (SSSR count). The van der Waals surface area contributed by atoms with Gasteiger partial charge in [-0.2, -0.15) is 0 Å². The predicted molar refractivity (Wildman–Crippen MR) is 91.3 cm³/mol. The molecule has 130 valence electrons. The molecule has 0 saturated carbocycles. The average Bonchev–Trinajstić information content (AvgIpc) is 2.40. The van der Waals surface area contributed by atoms with Gasteiger partial charge in [0, 0.05) is 38.8 Å². The Labute approximate surface area is 134 Å². The van der Waals surface area contributed by atoms with E-state index in [0.717, 1.165) is 32.8 Å². The van der Waals surface area contributed by atoms with Gasteiger partial charge in [0.1, 0.15) is 6.54 Å². The Hall–Kier alpha value is -1.34. The highest BCUT2D eigenvalue weighted by atomic mass is 16.5. The number of methoxy groups -OCH3 is 1. The second-order valence-corrected chi connectivity index (χ2v) is 6.22. The molecule has 0 heterocycles. The highest BCUT2D eigenvalue weighted by Gasteiger charge is 2.13. The summed E-state index contributed by atoms with van der Waals surface area (Å²) in [5, 5.41) is 9.25. The molecule has 0 radical (unpaired) electrons. The van der Waals surface area contributed by atoms with Gasteiger partial charge < -0.3 is 25.6 Å². The molecule has 7 heteroatoms. The molecule has 0 aromatic rings. The number of nitrogens with one attached hydrogen (secondary N) is 3. The van der Waals surface area contributed by atoms with Gasteiger partial charge in [-0.15, -0.1) is 0 Å². The lowest BCUT2D eigenvalue weighted by molar-refractivity contribution is -0.121. The molecule has 0 spiro atoms. The van der Waals surface area contributed by atoms with Crippen molar-refractivity contribution in [1.29, 1.82) is 0 Å². The molecule has 7 nitrogen and oxygen atoms in total. The van der Waals surface area contributed by atoms with Crippen molar-refractivity contribution in [2.75, 3.05) is 53.5 Å². The van der Waals surface area contributed by atoms with E-state index in [1.807, 2.05) is 34.7 Å². The van der Waals surface area contributed by atoms with E-state index in [-0.39, 0.29) is 18.0 Å². The zero-order chi connectivity index (χ0) is 17.0. The zero-order valence-electron chi connectivity index (χ0n) is 15.0. The van der Waals surface area contributed by atoms with Crippen molar-refractivity contribution >= 4 is 11.9 Å². The van der Waals surface area contributed by atoms with E-state index in [0.29, 0.717) is 5.96 Å². The van der Waals surface area contributed by atoms with Crippen LogP contribution in [0.1, 0.15) is 27.7 Å². The molecule has 0 aliphatic heterocycles. The first-order valence-corrected chi connectivity index (χ1v) is 7.79. The maximum absolute atomic E-state index is 11.8. The molecule has 0 aromatic heterocycles. The Morgan fingerprint density at radius 2 is 1.91 bits per heavy atom. The van der Waals surface area contributed by atoms with Crippen molar-refractivity contribution in [3.8, 4) is 0 Å². The fourth-order valence-corrected chi connectivity index (χ4v) is 1.67. The smallest absolute Gasteiger partial charge is 0.242 e. The Bertz CT molecular complexity index is 339. The molecule has 1 amide bonds. The number of likely N-dealkylation sites (N-methyl/N-ethyl adjacent to an activating group) is 1. The molecule has 0 aromatic carbocycles. The van der Waals surface area contributed by atoms with Gasteiger partial charge in [-0.05, 0) is 34.7 Å². The van der Waals surface area contributed by atoms with Crippen molar-refractivity contribution in [3.05, 3.63) is 0 Å². The van der Waals surface area contributed by atoms with E-state index in [9.17, 15) is 4.79 Å². The number of aliphatic imine (C=N–C) groups is 1. The van der Waals surface area contributed by atoms with Crippen molar-refractivity contribution in [1.82, 2.24) is 20.9 Å². The van der Waals surface area contributed by atoms with E-state index in [1.54, 1.807) is 7.11 Å². The van der Waals surface area contributed by atoms with Crippen LogP contribution in [0.15, 0.2) is 4.99 Å². The van der Waals surface area contributed by atoms with Crippen molar-refractivity contribution in [3.63, 3.8) is 0 Å². The standard InChI is InChI=1S/C15H33N5O2/c1-7-16-14(17-8-9-20(5)10-11-22-6)18-12-13(21)19-15(2,3)4/h7-12H2,1-6H3,(H,19,21)(H2,16,17,18). The minimum atomic E-state index is -0.234. The van der Waals surface area contributed by atoms with Crippen LogP contribution in [0.4, 0.5) is 0 Å². The van der Waals surface area contributed by atoms with Gasteiger partial charge in [0.25, 0.3) is 0 Å². The first-order valence-electron chi connectivity index (χ1n) is 7.79. The van der Waals surface area contributed by atoms with Crippen LogP contribution >= 0.6 is 0 Å².